The van der Waals surface area contributed by atoms with Crippen molar-refractivity contribution in [1.82, 2.24) is 14.9 Å². The molecule has 1 amide bonds. The zero-order valence-corrected chi connectivity index (χ0v) is 17.0. The molecule has 156 valence electrons. The van der Waals surface area contributed by atoms with E-state index in [1.165, 1.54) is 12.1 Å². The predicted octanol–water partition coefficient (Wildman–Crippen LogP) is 4.66. The molecule has 1 unspecified atom stereocenters. The Labute approximate surface area is 180 Å². The van der Waals surface area contributed by atoms with Crippen LogP contribution in [0, 0.1) is 5.82 Å². The van der Waals surface area contributed by atoms with Crippen molar-refractivity contribution in [1.29, 1.82) is 0 Å². The Balaban J connectivity index is 1.53. The van der Waals surface area contributed by atoms with Gasteiger partial charge in [0, 0.05) is 25.0 Å². The van der Waals surface area contributed by atoms with Crippen molar-refractivity contribution < 1.29 is 13.9 Å². The molecule has 4 aromatic rings. The average Bonchev–Trinajstić information content (AvgIpc) is 3.23. The van der Waals surface area contributed by atoms with E-state index in [0.717, 1.165) is 11.1 Å². The van der Waals surface area contributed by atoms with Crippen molar-refractivity contribution in [3.8, 4) is 5.75 Å². The normalized spacial score (nSPS) is 11.7. The first kappa shape index (κ1) is 20.3. The molecule has 0 aliphatic heterocycles. The van der Waals surface area contributed by atoms with Gasteiger partial charge in [-0.2, -0.15) is 0 Å². The first-order valence-corrected chi connectivity index (χ1v) is 9.90. The lowest BCUT2D eigenvalue weighted by molar-refractivity contribution is 0.0940. The Kier molecular flexibility index (Phi) is 6.08. The van der Waals surface area contributed by atoms with Gasteiger partial charge in [-0.15, -0.1) is 0 Å². The molecule has 31 heavy (non-hydrogen) atoms. The Morgan fingerprint density at radius 3 is 2.55 bits per heavy atom. The first-order chi connectivity index (χ1) is 15.1. The molecule has 0 radical (unpaired) electrons. The molecule has 1 atom stereocenters. The summed E-state index contributed by atoms with van der Waals surface area (Å²) >= 11 is 0. The number of benzene rings is 3. The number of rotatable bonds is 7. The smallest absolute Gasteiger partial charge is 0.252 e. The second kappa shape index (κ2) is 9.26. The third-order valence-electron chi connectivity index (χ3n) is 4.94. The number of carbonyl (C=O) groups is 1. The van der Waals surface area contributed by atoms with Crippen LogP contribution in [0.15, 0.2) is 91.3 Å². The summed E-state index contributed by atoms with van der Waals surface area (Å²) in [6, 6.07) is 22.4. The molecular formula is C25H22FN3O2. The van der Waals surface area contributed by atoms with Crippen molar-refractivity contribution in [3.05, 3.63) is 120 Å². The number of hydrogen-bond donors (Lipinski definition) is 1. The van der Waals surface area contributed by atoms with Gasteiger partial charge in [-0.05, 0) is 41.5 Å². The fourth-order valence-electron chi connectivity index (χ4n) is 3.29. The Morgan fingerprint density at radius 2 is 1.84 bits per heavy atom. The van der Waals surface area contributed by atoms with Crippen LogP contribution in [0.2, 0.25) is 0 Å². The van der Waals surface area contributed by atoms with E-state index in [0.29, 0.717) is 23.7 Å². The molecule has 0 spiro atoms. The van der Waals surface area contributed by atoms with Gasteiger partial charge in [0.05, 0.1) is 0 Å². The van der Waals surface area contributed by atoms with E-state index in [9.17, 15) is 9.18 Å². The van der Waals surface area contributed by atoms with Crippen LogP contribution in [0.25, 0.3) is 0 Å². The minimum Gasteiger partial charge on any atom is -0.489 e. The number of halogens is 1. The van der Waals surface area contributed by atoms with Gasteiger partial charge in [0.2, 0.25) is 0 Å². The zero-order valence-electron chi connectivity index (χ0n) is 17.0. The minimum atomic E-state index is -0.526. The number of ether oxygens (including phenoxy) is 1. The van der Waals surface area contributed by atoms with Crippen molar-refractivity contribution in [2.75, 3.05) is 0 Å². The molecule has 0 saturated heterocycles. The Bertz CT molecular complexity index is 1160. The molecule has 6 heteroatoms. The summed E-state index contributed by atoms with van der Waals surface area (Å²) in [7, 11) is 1.85. The molecule has 3 aromatic carbocycles. The van der Waals surface area contributed by atoms with Crippen LogP contribution < -0.4 is 10.1 Å². The van der Waals surface area contributed by atoms with Crippen LogP contribution in [0.3, 0.4) is 0 Å². The van der Waals surface area contributed by atoms with Gasteiger partial charge in [-0.3, -0.25) is 4.79 Å². The summed E-state index contributed by atoms with van der Waals surface area (Å²) < 4.78 is 21.1. The molecule has 1 heterocycles. The molecular weight excluding hydrogens is 393 g/mol. The van der Waals surface area contributed by atoms with Crippen LogP contribution in [0.4, 0.5) is 4.39 Å². The highest BCUT2D eigenvalue weighted by molar-refractivity contribution is 5.95. The van der Waals surface area contributed by atoms with Crippen molar-refractivity contribution in [2.24, 2.45) is 7.05 Å². The molecule has 5 nitrogen and oxygen atoms in total. The molecule has 0 saturated carbocycles. The lowest BCUT2D eigenvalue weighted by Crippen LogP contribution is -2.31. The highest BCUT2D eigenvalue weighted by atomic mass is 19.1. The lowest BCUT2D eigenvalue weighted by Gasteiger charge is -2.19. The number of imidazole rings is 1. The largest absolute Gasteiger partial charge is 0.489 e. The first-order valence-electron chi connectivity index (χ1n) is 9.90. The highest BCUT2D eigenvalue weighted by Crippen LogP contribution is 2.22. The molecule has 1 aromatic heterocycles. The molecule has 4 rings (SSSR count). The number of carbonyl (C=O) groups excluding carboxylic acids is 1. The molecule has 0 aliphatic rings. The van der Waals surface area contributed by atoms with Gasteiger partial charge in [-0.25, -0.2) is 9.37 Å². The monoisotopic (exact) mass is 415 g/mol. The maximum absolute atomic E-state index is 13.4. The molecule has 0 aliphatic carbocycles. The second-order valence-electron chi connectivity index (χ2n) is 7.16. The molecule has 0 fully saturated rings. The van der Waals surface area contributed by atoms with Crippen LogP contribution in [0.5, 0.6) is 5.75 Å². The number of nitrogens with zero attached hydrogens (tertiary/aromatic N) is 2. The quantitative estimate of drug-likeness (QED) is 0.478. The fourth-order valence-corrected chi connectivity index (χ4v) is 3.29. The van der Waals surface area contributed by atoms with E-state index in [4.69, 9.17) is 4.74 Å². The average molecular weight is 415 g/mol. The third-order valence-corrected chi connectivity index (χ3v) is 4.94. The predicted molar refractivity (Wildman–Crippen MR) is 116 cm³/mol. The SMILES string of the molecule is Cn1ccnc1C(NC(=O)c1cccc(OCc2ccccc2)c1)c1ccc(F)cc1. The number of hydrogen-bond acceptors (Lipinski definition) is 3. The number of amides is 1. The maximum atomic E-state index is 13.4. The van der Waals surface area contributed by atoms with E-state index in [1.54, 1.807) is 42.7 Å². The van der Waals surface area contributed by atoms with Gasteiger partial charge in [0.15, 0.2) is 0 Å². The van der Waals surface area contributed by atoms with E-state index in [1.807, 2.05) is 48.0 Å². The van der Waals surface area contributed by atoms with Gasteiger partial charge < -0.3 is 14.6 Å². The van der Waals surface area contributed by atoms with E-state index in [-0.39, 0.29) is 11.7 Å². The summed E-state index contributed by atoms with van der Waals surface area (Å²) in [6.07, 6.45) is 3.46. The van der Waals surface area contributed by atoms with Crippen LogP contribution in [0.1, 0.15) is 33.4 Å². The van der Waals surface area contributed by atoms with E-state index >= 15 is 0 Å². The third kappa shape index (κ3) is 4.98. The summed E-state index contributed by atoms with van der Waals surface area (Å²) in [4.78, 5) is 17.4. The lowest BCUT2D eigenvalue weighted by atomic mass is 10.0. The molecule has 0 bridgehead atoms. The summed E-state index contributed by atoms with van der Waals surface area (Å²) in [5, 5.41) is 3.01. The summed E-state index contributed by atoms with van der Waals surface area (Å²) in [6.45, 7) is 0.414. The minimum absolute atomic E-state index is 0.275. The highest BCUT2D eigenvalue weighted by Gasteiger charge is 2.21. The Hall–Kier alpha value is -3.93. The number of nitrogens with one attached hydrogen (secondary N) is 1. The number of aryl methyl sites for hydroxylation is 1. The second-order valence-corrected chi connectivity index (χ2v) is 7.16. The summed E-state index contributed by atoms with van der Waals surface area (Å²) in [5.74, 6) is 0.641. The van der Waals surface area contributed by atoms with Gasteiger partial charge in [-0.1, -0.05) is 48.5 Å². The fraction of sp³-hybridized carbons (Fsp3) is 0.120. The van der Waals surface area contributed by atoms with Crippen molar-refractivity contribution in [2.45, 2.75) is 12.6 Å². The van der Waals surface area contributed by atoms with Gasteiger partial charge in [0.1, 0.15) is 30.0 Å². The van der Waals surface area contributed by atoms with Gasteiger partial charge in [0.25, 0.3) is 5.91 Å². The van der Waals surface area contributed by atoms with Crippen LogP contribution in [-0.2, 0) is 13.7 Å². The van der Waals surface area contributed by atoms with Crippen molar-refractivity contribution >= 4 is 5.91 Å². The van der Waals surface area contributed by atoms with Crippen LogP contribution >= 0.6 is 0 Å². The topological polar surface area (TPSA) is 56.2 Å². The van der Waals surface area contributed by atoms with E-state index < -0.39 is 6.04 Å². The summed E-state index contributed by atoms with van der Waals surface area (Å²) in [5.41, 5.74) is 2.25. The van der Waals surface area contributed by atoms with Crippen molar-refractivity contribution in [3.63, 3.8) is 0 Å². The number of aromatic nitrogens is 2. The maximum Gasteiger partial charge on any atom is 0.252 e. The van der Waals surface area contributed by atoms with Gasteiger partial charge >= 0.3 is 0 Å². The zero-order chi connectivity index (χ0) is 21.6. The van der Waals surface area contributed by atoms with E-state index in [2.05, 4.69) is 10.3 Å². The molecule has 1 N–H and O–H groups in total. The Morgan fingerprint density at radius 1 is 1.06 bits per heavy atom. The van der Waals surface area contributed by atoms with Crippen LogP contribution in [-0.4, -0.2) is 15.5 Å². The standard InChI is InChI=1S/C25H22FN3O2/c1-29-15-14-27-24(29)23(19-10-12-21(26)13-11-19)28-25(30)20-8-5-9-22(16-20)31-17-18-6-3-2-4-7-18/h2-16,23H,17H2,1H3,(H,28,30).